The zero-order valence-electron chi connectivity index (χ0n) is 10.9. The number of carbonyl (C=O) groups excluding carboxylic acids is 1. The second kappa shape index (κ2) is 6.25. The Morgan fingerprint density at radius 1 is 1.29 bits per heavy atom. The molecule has 4 heteroatoms. The van der Waals surface area contributed by atoms with E-state index in [0.29, 0.717) is 6.54 Å². The third-order valence-electron chi connectivity index (χ3n) is 2.77. The Balaban J connectivity index is 2.79. The van der Waals surface area contributed by atoms with Crippen molar-refractivity contribution < 1.29 is 9.53 Å². The molecule has 0 saturated heterocycles. The maximum absolute atomic E-state index is 11.6. The van der Waals surface area contributed by atoms with Crippen molar-refractivity contribution in [3.05, 3.63) is 23.3 Å². The fourth-order valence-corrected chi connectivity index (χ4v) is 1.59. The zero-order chi connectivity index (χ0) is 12.8. The van der Waals surface area contributed by atoms with Crippen LogP contribution in [0.3, 0.4) is 0 Å². The van der Waals surface area contributed by atoms with Crippen molar-refractivity contribution in [3.63, 3.8) is 0 Å². The van der Waals surface area contributed by atoms with Crippen molar-refractivity contribution in [1.82, 2.24) is 5.32 Å². The van der Waals surface area contributed by atoms with Crippen LogP contribution in [-0.2, 0) is 4.79 Å². The van der Waals surface area contributed by atoms with Gasteiger partial charge in [-0.25, -0.2) is 0 Å². The van der Waals surface area contributed by atoms with Crippen molar-refractivity contribution in [2.24, 2.45) is 0 Å². The zero-order valence-corrected chi connectivity index (χ0v) is 10.9. The van der Waals surface area contributed by atoms with Crippen molar-refractivity contribution in [2.75, 3.05) is 25.5 Å². The van der Waals surface area contributed by atoms with E-state index in [0.717, 1.165) is 29.1 Å². The van der Waals surface area contributed by atoms with Crippen LogP contribution in [0.1, 0.15) is 18.1 Å². The summed E-state index contributed by atoms with van der Waals surface area (Å²) >= 11 is 0. The SMILES string of the molecule is CCNCC(=O)Nc1ccc(OC)c(C)c1C. The van der Waals surface area contributed by atoms with E-state index in [4.69, 9.17) is 4.74 Å². The summed E-state index contributed by atoms with van der Waals surface area (Å²) in [5, 5.41) is 5.87. The minimum atomic E-state index is -0.0282. The quantitative estimate of drug-likeness (QED) is 0.820. The number of ether oxygens (including phenoxy) is 1. The van der Waals surface area contributed by atoms with E-state index in [-0.39, 0.29) is 5.91 Å². The van der Waals surface area contributed by atoms with Gasteiger partial charge in [0.25, 0.3) is 0 Å². The van der Waals surface area contributed by atoms with Gasteiger partial charge in [0, 0.05) is 5.69 Å². The van der Waals surface area contributed by atoms with E-state index in [1.54, 1.807) is 7.11 Å². The van der Waals surface area contributed by atoms with Crippen LogP contribution in [0.15, 0.2) is 12.1 Å². The van der Waals surface area contributed by atoms with Crippen molar-refractivity contribution >= 4 is 11.6 Å². The fraction of sp³-hybridized carbons (Fsp3) is 0.462. The lowest BCUT2D eigenvalue weighted by molar-refractivity contribution is -0.115. The van der Waals surface area contributed by atoms with Gasteiger partial charge in [-0.05, 0) is 43.7 Å². The van der Waals surface area contributed by atoms with Gasteiger partial charge in [-0.15, -0.1) is 0 Å². The first-order chi connectivity index (χ1) is 8.10. The summed E-state index contributed by atoms with van der Waals surface area (Å²) in [5.41, 5.74) is 2.93. The minimum Gasteiger partial charge on any atom is -0.496 e. The van der Waals surface area contributed by atoms with Gasteiger partial charge in [0.2, 0.25) is 5.91 Å². The van der Waals surface area contributed by atoms with Crippen LogP contribution in [-0.4, -0.2) is 26.1 Å². The van der Waals surface area contributed by atoms with E-state index in [1.165, 1.54) is 0 Å². The van der Waals surface area contributed by atoms with E-state index in [2.05, 4.69) is 10.6 Å². The van der Waals surface area contributed by atoms with Crippen LogP contribution < -0.4 is 15.4 Å². The van der Waals surface area contributed by atoms with Crippen LogP contribution in [0, 0.1) is 13.8 Å². The molecule has 0 spiro atoms. The molecule has 0 aliphatic carbocycles. The number of rotatable bonds is 5. The Labute approximate surface area is 102 Å². The molecule has 0 atom stereocenters. The maximum Gasteiger partial charge on any atom is 0.238 e. The van der Waals surface area contributed by atoms with Gasteiger partial charge in [-0.2, -0.15) is 0 Å². The van der Waals surface area contributed by atoms with Gasteiger partial charge < -0.3 is 15.4 Å². The molecule has 0 aromatic heterocycles. The minimum absolute atomic E-state index is 0.0282. The third-order valence-corrected chi connectivity index (χ3v) is 2.77. The second-order valence-corrected chi connectivity index (χ2v) is 3.89. The first kappa shape index (κ1) is 13.5. The average Bonchev–Trinajstić information content (AvgIpc) is 2.33. The van der Waals surface area contributed by atoms with Gasteiger partial charge in [-0.3, -0.25) is 4.79 Å². The average molecular weight is 236 g/mol. The highest BCUT2D eigenvalue weighted by atomic mass is 16.5. The molecule has 4 nitrogen and oxygen atoms in total. The Morgan fingerprint density at radius 3 is 2.59 bits per heavy atom. The summed E-state index contributed by atoms with van der Waals surface area (Å²) in [4.78, 5) is 11.6. The van der Waals surface area contributed by atoms with Crippen molar-refractivity contribution in [2.45, 2.75) is 20.8 Å². The maximum atomic E-state index is 11.6. The number of benzene rings is 1. The van der Waals surface area contributed by atoms with Crippen LogP contribution in [0.4, 0.5) is 5.69 Å². The molecular formula is C13H20N2O2. The molecule has 1 aromatic carbocycles. The summed E-state index contributed by atoms with van der Waals surface area (Å²) in [6, 6.07) is 3.73. The lowest BCUT2D eigenvalue weighted by Gasteiger charge is -2.13. The number of hydrogen-bond acceptors (Lipinski definition) is 3. The summed E-state index contributed by atoms with van der Waals surface area (Å²) in [6.45, 7) is 7.04. The van der Waals surface area contributed by atoms with Gasteiger partial charge in [-0.1, -0.05) is 6.92 Å². The lowest BCUT2D eigenvalue weighted by atomic mass is 10.1. The number of likely N-dealkylation sites (N-methyl/N-ethyl adjacent to an activating group) is 1. The molecule has 0 bridgehead atoms. The molecule has 2 N–H and O–H groups in total. The van der Waals surface area contributed by atoms with Crippen LogP contribution >= 0.6 is 0 Å². The van der Waals surface area contributed by atoms with E-state index in [9.17, 15) is 4.79 Å². The van der Waals surface area contributed by atoms with Crippen LogP contribution in [0.25, 0.3) is 0 Å². The fourth-order valence-electron chi connectivity index (χ4n) is 1.59. The summed E-state index contributed by atoms with van der Waals surface area (Å²) in [7, 11) is 1.64. The third kappa shape index (κ3) is 3.46. The molecule has 0 fully saturated rings. The topological polar surface area (TPSA) is 50.4 Å². The smallest absolute Gasteiger partial charge is 0.238 e. The Kier molecular flexibility index (Phi) is 4.97. The van der Waals surface area contributed by atoms with Gasteiger partial charge in [0.05, 0.1) is 13.7 Å². The number of nitrogens with one attached hydrogen (secondary N) is 2. The van der Waals surface area contributed by atoms with E-state index in [1.807, 2.05) is 32.9 Å². The molecule has 0 saturated carbocycles. The second-order valence-electron chi connectivity index (χ2n) is 3.89. The van der Waals surface area contributed by atoms with Crippen LogP contribution in [0.5, 0.6) is 5.75 Å². The number of hydrogen-bond donors (Lipinski definition) is 2. The predicted octanol–water partition coefficient (Wildman–Crippen LogP) is 1.86. The number of anilines is 1. The number of methoxy groups -OCH3 is 1. The highest BCUT2D eigenvalue weighted by Gasteiger charge is 2.08. The van der Waals surface area contributed by atoms with E-state index >= 15 is 0 Å². The monoisotopic (exact) mass is 236 g/mol. The molecule has 94 valence electrons. The summed E-state index contributed by atoms with van der Waals surface area (Å²) in [5.74, 6) is 0.812. The van der Waals surface area contributed by atoms with Crippen molar-refractivity contribution in [1.29, 1.82) is 0 Å². The normalized spacial score (nSPS) is 10.1. The Morgan fingerprint density at radius 2 is 2.00 bits per heavy atom. The van der Waals surface area contributed by atoms with Gasteiger partial charge >= 0.3 is 0 Å². The number of amides is 1. The first-order valence-electron chi connectivity index (χ1n) is 5.74. The first-order valence-corrected chi connectivity index (χ1v) is 5.74. The Bertz CT molecular complexity index is 403. The molecular weight excluding hydrogens is 216 g/mol. The Hall–Kier alpha value is -1.55. The van der Waals surface area contributed by atoms with E-state index < -0.39 is 0 Å². The molecule has 0 unspecified atom stereocenters. The van der Waals surface area contributed by atoms with Gasteiger partial charge in [0.1, 0.15) is 5.75 Å². The molecule has 1 rings (SSSR count). The standard InChI is InChI=1S/C13H20N2O2/c1-5-14-8-13(16)15-11-6-7-12(17-4)10(3)9(11)2/h6-7,14H,5,8H2,1-4H3,(H,15,16). The lowest BCUT2D eigenvalue weighted by Crippen LogP contribution is -2.28. The van der Waals surface area contributed by atoms with Crippen molar-refractivity contribution in [3.8, 4) is 5.75 Å². The molecule has 0 aliphatic heterocycles. The van der Waals surface area contributed by atoms with Crippen LogP contribution in [0.2, 0.25) is 0 Å². The molecule has 0 radical (unpaired) electrons. The molecule has 0 aliphatic rings. The molecule has 1 aromatic rings. The largest absolute Gasteiger partial charge is 0.496 e. The highest BCUT2D eigenvalue weighted by molar-refractivity contribution is 5.93. The summed E-state index contributed by atoms with van der Waals surface area (Å²) < 4.78 is 5.23. The summed E-state index contributed by atoms with van der Waals surface area (Å²) in [6.07, 6.45) is 0. The molecule has 17 heavy (non-hydrogen) atoms. The number of carbonyl (C=O) groups is 1. The van der Waals surface area contributed by atoms with Gasteiger partial charge in [0.15, 0.2) is 0 Å². The highest BCUT2D eigenvalue weighted by Crippen LogP contribution is 2.26. The predicted molar refractivity (Wildman–Crippen MR) is 69.6 cm³/mol. The molecule has 0 heterocycles. The molecule has 1 amide bonds.